The summed E-state index contributed by atoms with van der Waals surface area (Å²) >= 11 is 0. The van der Waals surface area contributed by atoms with Crippen molar-refractivity contribution in [3.63, 3.8) is 0 Å². The summed E-state index contributed by atoms with van der Waals surface area (Å²) in [4.78, 5) is 22.8. The number of carbonyl (C=O) groups is 2. The Morgan fingerprint density at radius 2 is 2.00 bits per heavy atom. The number of carboxylic acids is 1. The van der Waals surface area contributed by atoms with E-state index < -0.39 is 5.97 Å². The van der Waals surface area contributed by atoms with Crippen molar-refractivity contribution in [2.24, 2.45) is 5.41 Å². The van der Waals surface area contributed by atoms with Crippen LogP contribution < -0.4 is 11.1 Å². The van der Waals surface area contributed by atoms with Crippen molar-refractivity contribution in [3.05, 3.63) is 29.8 Å². The number of hydrogen-bond acceptors (Lipinski definition) is 3. The molecule has 1 aliphatic carbocycles. The van der Waals surface area contributed by atoms with Gasteiger partial charge in [0, 0.05) is 12.2 Å². The third-order valence-electron chi connectivity index (χ3n) is 3.77. The summed E-state index contributed by atoms with van der Waals surface area (Å²) in [6, 6.07) is 6.85. The minimum atomic E-state index is -0.812. The number of hydrogen-bond donors (Lipinski definition) is 3. The molecule has 4 N–H and O–H groups in total. The maximum atomic E-state index is 12.0. The molecule has 5 nitrogen and oxygen atoms in total. The topological polar surface area (TPSA) is 92.4 Å². The minimum absolute atomic E-state index is 0.109. The third-order valence-corrected chi connectivity index (χ3v) is 3.77. The van der Waals surface area contributed by atoms with E-state index in [4.69, 9.17) is 10.8 Å². The maximum Gasteiger partial charge on any atom is 0.303 e. The fourth-order valence-corrected chi connectivity index (χ4v) is 2.48. The highest BCUT2D eigenvalue weighted by molar-refractivity contribution is 5.99. The lowest BCUT2D eigenvalue weighted by Gasteiger charge is -2.40. The Morgan fingerprint density at radius 3 is 2.53 bits per heavy atom. The van der Waals surface area contributed by atoms with Crippen LogP contribution in [-0.4, -0.2) is 23.5 Å². The van der Waals surface area contributed by atoms with Crippen LogP contribution in [0.5, 0.6) is 0 Å². The van der Waals surface area contributed by atoms with Gasteiger partial charge in [-0.25, -0.2) is 0 Å². The van der Waals surface area contributed by atoms with E-state index in [-0.39, 0.29) is 17.7 Å². The van der Waals surface area contributed by atoms with E-state index in [1.807, 2.05) is 0 Å². The second kappa shape index (κ2) is 5.30. The van der Waals surface area contributed by atoms with Crippen molar-refractivity contribution in [2.45, 2.75) is 25.7 Å². The average molecular weight is 262 g/mol. The molecular weight excluding hydrogens is 244 g/mol. The predicted molar refractivity (Wildman–Crippen MR) is 71.7 cm³/mol. The lowest BCUT2D eigenvalue weighted by atomic mass is 9.66. The zero-order valence-electron chi connectivity index (χ0n) is 10.7. The van der Waals surface area contributed by atoms with Gasteiger partial charge in [-0.3, -0.25) is 9.59 Å². The molecule has 0 radical (unpaired) electrons. The van der Waals surface area contributed by atoms with E-state index in [1.54, 1.807) is 24.3 Å². The lowest BCUT2D eigenvalue weighted by Crippen LogP contribution is -2.43. The fraction of sp³-hybridized carbons (Fsp3) is 0.429. The first-order valence-corrected chi connectivity index (χ1v) is 6.37. The van der Waals surface area contributed by atoms with Gasteiger partial charge in [0.1, 0.15) is 0 Å². The second-order valence-corrected chi connectivity index (χ2v) is 5.19. The van der Waals surface area contributed by atoms with Crippen LogP contribution in [0.25, 0.3) is 0 Å². The molecule has 0 aliphatic heterocycles. The summed E-state index contributed by atoms with van der Waals surface area (Å²) in [5.41, 5.74) is 6.33. The summed E-state index contributed by atoms with van der Waals surface area (Å²) < 4.78 is 0. The third kappa shape index (κ3) is 3.05. The van der Waals surface area contributed by atoms with Crippen molar-refractivity contribution in [3.8, 4) is 0 Å². The van der Waals surface area contributed by atoms with E-state index in [9.17, 15) is 9.59 Å². The number of anilines is 1. The van der Waals surface area contributed by atoms with Crippen molar-refractivity contribution in [1.82, 2.24) is 5.32 Å². The van der Waals surface area contributed by atoms with Gasteiger partial charge < -0.3 is 16.2 Å². The summed E-state index contributed by atoms with van der Waals surface area (Å²) in [7, 11) is 0. The molecule has 0 saturated heterocycles. The molecule has 1 aromatic rings. The molecule has 2 rings (SSSR count). The van der Waals surface area contributed by atoms with Gasteiger partial charge in [0.05, 0.1) is 12.0 Å². The zero-order chi connectivity index (χ0) is 13.9. The van der Waals surface area contributed by atoms with Gasteiger partial charge in [-0.15, -0.1) is 0 Å². The normalized spacial score (nSPS) is 16.4. The molecular formula is C14H18N2O3. The van der Waals surface area contributed by atoms with E-state index >= 15 is 0 Å². The number of carbonyl (C=O) groups excluding carboxylic acids is 1. The van der Waals surface area contributed by atoms with E-state index in [2.05, 4.69) is 5.32 Å². The first-order chi connectivity index (χ1) is 9.02. The molecule has 1 aliphatic rings. The number of nitrogen functional groups attached to an aromatic ring is 1. The van der Waals surface area contributed by atoms with Gasteiger partial charge in [0.15, 0.2) is 0 Å². The first kappa shape index (κ1) is 13.4. The Morgan fingerprint density at radius 1 is 1.32 bits per heavy atom. The molecule has 0 atom stereocenters. The van der Waals surface area contributed by atoms with Crippen LogP contribution in [0.3, 0.4) is 0 Å². The lowest BCUT2D eigenvalue weighted by molar-refractivity contribution is -0.141. The smallest absolute Gasteiger partial charge is 0.303 e. The molecule has 5 heteroatoms. The Hall–Kier alpha value is -2.04. The van der Waals surface area contributed by atoms with Crippen LogP contribution in [0.2, 0.25) is 0 Å². The summed E-state index contributed by atoms with van der Waals surface area (Å²) in [6.07, 6.45) is 2.84. The van der Waals surface area contributed by atoms with Gasteiger partial charge in [-0.2, -0.15) is 0 Å². The van der Waals surface area contributed by atoms with Gasteiger partial charge in [0.2, 0.25) is 0 Å². The first-order valence-electron chi connectivity index (χ1n) is 6.37. The Bertz CT molecular complexity index is 495. The number of aliphatic carboxylic acids is 1. The summed E-state index contributed by atoms with van der Waals surface area (Å²) in [5, 5.41) is 11.7. The molecule has 102 valence electrons. The number of para-hydroxylation sites is 1. The van der Waals surface area contributed by atoms with E-state index in [0.717, 1.165) is 19.3 Å². The molecule has 0 unspecified atom stereocenters. The largest absolute Gasteiger partial charge is 0.481 e. The fourth-order valence-electron chi connectivity index (χ4n) is 2.48. The Balaban J connectivity index is 1.97. The minimum Gasteiger partial charge on any atom is -0.481 e. The number of carboxylic acid groups (broad SMARTS) is 1. The van der Waals surface area contributed by atoms with Crippen LogP contribution in [0.15, 0.2) is 24.3 Å². The maximum absolute atomic E-state index is 12.0. The molecule has 1 aromatic carbocycles. The zero-order valence-corrected chi connectivity index (χ0v) is 10.7. The van der Waals surface area contributed by atoms with Crippen LogP contribution in [0.4, 0.5) is 5.69 Å². The number of benzene rings is 1. The van der Waals surface area contributed by atoms with E-state index in [1.165, 1.54) is 0 Å². The van der Waals surface area contributed by atoms with Crippen LogP contribution >= 0.6 is 0 Å². The van der Waals surface area contributed by atoms with Crippen molar-refractivity contribution >= 4 is 17.6 Å². The number of amides is 1. The molecule has 0 bridgehead atoms. The molecule has 0 spiro atoms. The number of rotatable bonds is 5. The SMILES string of the molecule is Nc1ccccc1C(=O)NCC1(CC(=O)O)CCC1. The Labute approximate surface area is 111 Å². The summed E-state index contributed by atoms with van der Waals surface area (Å²) in [6.45, 7) is 0.395. The second-order valence-electron chi connectivity index (χ2n) is 5.19. The van der Waals surface area contributed by atoms with Gasteiger partial charge >= 0.3 is 5.97 Å². The molecule has 0 aromatic heterocycles. The van der Waals surface area contributed by atoms with Gasteiger partial charge in [-0.1, -0.05) is 18.6 Å². The van der Waals surface area contributed by atoms with Crippen LogP contribution in [0, 0.1) is 5.41 Å². The molecule has 19 heavy (non-hydrogen) atoms. The van der Waals surface area contributed by atoms with Crippen molar-refractivity contribution in [2.75, 3.05) is 12.3 Å². The molecule has 1 amide bonds. The number of nitrogens with one attached hydrogen (secondary N) is 1. The predicted octanol–water partition coefficient (Wildman–Crippen LogP) is 1.64. The van der Waals surface area contributed by atoms with Gasteiger partial charge in [-0.05, 0) is 30.4 Å². The standard InChI is InChI=1S/C14H18N2O3/c15-11-5-2-1-4-10(11)13(19)16-9-14(6-3-7-14)8-12(17)18/h1-2,4-5H,3,6-9,15H2,(H,16,19)(H,17,18). The van der Waals surface area contributed by atoms with Crippen molar-refractivity contribution in [1.29, 1.82) is 0 Å². The average Bonchev–Trinajstić information content (AvgIpc) is 2.32. The molecule has 1 fully saturated rings. The highest BCUT2D eigenvalue weighted by atomic mass is 16.4. The monoisotopic (exact) mass is 262 g/mol. The molecule has 0 heterocycles. The van der Waals surface area contributed by atoms with Gasteiger partial charge in [0.25, 0.3) is 5.91 Å². The number of nitrogens with two attached hydrogens (primary N) is 1. The quantitative estimate of drug-likeness (QED) is 0.703. The summed E-state index contributed by atoms with van der Waals surface area (Å²) in [5.74, 6) is -1.05. The van der Waals surface area contributed by atoms with Crippen molar-refractivity contribution < 1.29 is 14.7 Å². The van der Waals surface area contributed by atoms with E-state index in [0.29, 0.717) is 17.8 Å². The van der Waals surface area contributed by atoms with Crippen LogP contribution in [0.1, 0.15) is 36.0 Å². The van der Waals surface area contributed by atoms with Crippen LogP contribution in [-0.2, 0) is 4.79 Å². The Kier molecular flexibility index (Phi) is 3.74. The molecule has 1 saturated carbocycles. The highest BCUT2D eigenvalue weighted by Crippen LogP contribution is 2.43. The highest BCUT2D eigenvalue weighted by Gasteiger charge is 2.39.